The number of aliphatic hydroxyl groups excluding tert-OH is 1. The van der Waals surface area contributed by atoms with Crippen LogP contribution in [0, 0.1) is 5.92 Å². The second kappa shape index (κ2) is 5.51. The van der Waals surface area contributed by atoms with Gasteiger partial charge in [-0.2, -0.15) is 0 Å². The zero-order valence-corrected chi connectivity index (χ0v) is 9.47. The van der Waals surface area contributed by atoms with E-state index >= 15 is 0 Å². The number of anilines is 1. The van der Waals surface area contributed by atoms with E-state index in [0.29, 0.717) is 0 Å². The molecule has 0 heterocycles. The molecule has 0 aliphatic rings. The van der Waals surface area contributed by atoms with Crippen LogP contribution in [0.4, 0.5) is 5.69 Å². The van der Waals surface area contributed by atoms with E-state index in [4.69, 9.17) is 10.2 Å². The van der Waals surface area contributed by atoms with Crippen molar-refractivity contribution in [3.05, 3.63) is 29.8 Å². The molecule has 0 amide bonds. The maximum atomic E-state index is 10.8. The van der Waals surface area contributed by atoms with Gasteiger partial charge in [-0.1, -0.05) is 13.0 Å². The lowest BCUT2D eigenvalue weighted by atomic mass is 10.0. The summed E-state index contributed by atoms with van der Waals surface area (Å²) in [5, 5.41) is 21.0. The van der Waals surface area contributed by atoms with Crippen molar-refractivity contribution < 1.29 is 15.0 Å². The lowest BCUT2D eigenvalue weighted by molar-refractivity contribution is 0.0697. The molecule has 2 atom stereocenters. The van der Waals surface area contributed by atoms with Crippen LogP contribution in [0.3, 0.4) is 0 Å². The van der Waals surface area contributed by atoms with Gasteiger partial charge in [0.2, 0.25) is 0 Å². The Morgan fingerprint density at radius 1 is 1.44 bits per heavy atom. The van der Waals surface area contributed by atoms with Gasteiger partial charge < -0.3 is 15.5 Å². The van der Waals surface area contributed by atoms with Gasteiger partial charge in [0, 0.05) is 18.3 Å². The summed E-state index contributed by atoms with van der Waals surface area (Å²) in [6, 6.07) is 6.74. The maximum Gasteiger partial charge on any atom is 0.335 e. The first-order chi connectivity index (χ1) is 7.54. The second-order valence-corrected chi connectivity index (χ2v) is 3.98. The fourth-order valence-corrected chi connectivity index (χ4v) is 1.31. The van der Waals surface area contributed by atoms with Crippen LogP contribution in [0.25, 0.3) is 0 Å². The summed E-state index contributed by atoms with van der Waals surface area (Å²) in [6.45, 7) is 3.99. The van der Waals surface area contributed by atoms with Crippen molar-refractivity contribution in [1.82, 2.24) is 0 Å². The number of hydrogen-bond acceptors (Lipinski definition) is 3. The number of carboxylic acid groups (broad SMARTS) is 1. The van der Waals surface area contributed by atoms with Gasteiger partial charge in [-0.3, -0.25) is 0 Å². The van der Waals surface area contributed by atoms with E-state index in [-0.39, 0.29) is 24.1 Å². The second-order valence-electron chi connectivity index (χ2n) is 3.98. The molecular formula is C12H17NO3. The monoisotopic (exact) mass is 223 g/mol. The highest BCUT2D eigenvalue weighted by Gasteiger charge is 2.11. The van der Waals surface area contributed by atoms with Crippen molar-refractivity contribution in [3.63, 3.8) is 0 Å². The molecule has 4 nitrogen and oxygen atoms in total. The third-order valence-corrected chi connectivity index (χ3v) is 2.65. The van der Waals surface area contributed by atoms with E-state index < -0.39 is 5.97 Å². The number of aliphatic hydroxyl groups is 1. The number of aromatic carboxylic acids is 1. The van der Waals surface area contributed by atoms with Crippen molar-refractivity contribution in [3.8, 4) is 0 Å². The molecule has 0 saturated heterocycles. The fraction of sp³-hybridized carbons (Fsp3) is 0.417. The Balaban J connectivity index is 2.74. The van der Waals surface area contributed by atoms with E-state index in [0.717, 1.165) is 5.69 Å². The number of carbonyl (C=O) groups is 1. The third-order valence-electron chi connectivity index (χ3n) is 2.65. The molecule has 1 aromatic rings. The quantitative estimate of drug-likeness (QED) is 0.712. The molecule has 0 aromatic heterocycles. The molecule has 1 rings (SSSR count). The molecule has 88 valence electrons. The van der Waals surface area contributed by atoms with E-state index in [1.165, 1.54) is 0 Å². The van der Waals surface area contributed by atoms with Crippen LogP contribution in [0.5, 0.6) is 0 Å². The zero-order chi connectivity index (χ0) is 12.1. The van der Waals surface area contributed by atoms with E-state index in [2.05, 4.69) is 5.32 Å². The van der Waals surface area contributed by atoms with Crippen molar-refractivity contribution in [1.29, 1.82) is 0 Å². The van der Waals surface area contributed by atoms with Crippen LogP contribution in [0.1, 0.15) is 24.2 Å². The van der Waals surface area contributed by atoms with Gasteiger partial charge in [-0.25, -0.2) is 4.79 Å². The van der Waals surface area contributed by atoms with Crippen molar-refractivity contribution in [2.45, 2.75) is 19.9 Å². The van der Waals surface area contributed by atoms with Gasteiger partial charge in [0.1, 0.15) is 0 Å². The number of benzene rings is 1. The number of rotatable bonds is 5. The summed E-state index contributed by atoms with van der Waals surface area (Å²) in [5.74, 6) is -0.819. The third kappa shape index (κ3) is 3.24. The minimum Gasteiger partial charge on any atom is -0.478 e. The molecule has 0 aliphatic heterocycles. The van der Waals surface area contributed by atoms with E-state index in [1.54, 1.807) is 18.2 Å². The van der Waals surface area contributed by atoms with Crippen LogP contribution < -0.4 is 5.32 Å². The number of hydrogen-bond donors (Lipinski definition) is 3. The molecule has 2 unspecified atom stereocenters. The largest absolute Gasteiger partial charge is 0.478 e. The lowest BCUT2D eigenvalue weighted by Gasteiger charge is -2.20. The van der Waals surface area contributed by atoms with Crippen molar-refractivity contribution in [2.75, 3.05) is 11.9 Å². The fourth-order valence-electron chi connectivity index (χ4n) is 1.31. The first-order valence-corrected chi connectivity index (χ1v) is 5.25. The first-order valence-electron chi connectivity index (χ1n) is 5.25. The normalized spacial score (nSPS) is 14.2. The number of carboxylic acids is 1. The molecule has 0 saturated carbocycles. The summed E-state index contributed by atoms with van der Waals surface area (Å²) in [4.78, 5) is 10.8. The van der Waals surface area contributed by atoms with Gasteiger partial charge in [-0.15, -0.1) is 0 Å². The van der Waals surface area contributed by atoms with Crippen LogP contribution in [-0.2, 0) is 0 Å². The van der Waals surface area contributed by atoms with Crippen LogP contribution in [-0.4, -0.2) is 28.8 Å². The van der Waals surface area contributed by atoms with Crippen LogP contribution in [0.15, 0.2) is 24.3 Å². The van der Waals surface area contributed by atoms with E-state index in [9.17, 15) is 4.79 Å². The average Bonchev–Trinajstić information content (AvgIpc) is 2.28. The van der Waals surface area contributed by atoms with E-state index in [1.807, 2.05) is 19.9 Å². The highest BCUT2D eigenvalue weighted by Crippen LogP contribution is 2.14. The summed E-state index contributed by atoms with van der Waals surface area (Å²) in [6.07, 6.45) is 0. The SMILES string of the molecule is CC(CO)C(C)Nc1cccc(C(=O)O)c1. The Morgan fingerprint density at radius 2 is 2.12 bits per heavy atom. The highest BCUT2D eigenvalue weighted by atomic mass is 16.4. The zero-order valence-electron chi connectivity index (χ0n) is 9.47. The van der Waals surface area contributed by atoms with Gasteiger partial charge in [-0.05, 0) is 31.0 Å². The summed E-state index contributed by atoms with van der Waals surface area (Å²) >= 11 is 0. The van der Waals surface area contributed by atoms with Crippen LogP contribution >= 0.6 is 0 Å². The van der Waals surface area contributed by atoms with Gasteiger partial charge >= 0.3 is 5.97 Å². The summed E-state index contributed by atoms with van der Waals surface area (Å²) in [7, 11) is 0. The predicted molar refractivity (Wildman–Crippen MR) is 62.7 cm³/mol. The minimum atomic E-state index is -0.938. The summed E-state index contributed by atoms with van der Waals surface area (Å²) < 4.78 is 0. The Bertz CT molecular complexity index is 365. The minimum absolute atomic E-state index is 0.0917. The van der Waals surface area contributed by atoms with Gasteiger partial charge in [0.15, 0.2) is 0 Å². The maximum absolute atomic E-state index is 10.8. The molecule has 0 bridgehead atoms. The Hall–Kier alpha value is -1.55. The molecule has 0 fully saturated rings. The van der Waals surface area contributed by atoms with Crippen LogP contribution in [0.2, 0.25) is 0 Å². The first kappa shape index (κ1) is 12.5. The summed E-state index contributed by atoms with van der Waals surface area (Å²) in [5.41, 5.74) is 1.02. The average molecular weight is 223 g/mol. The molecule has 16 heavy (non-hydrogen) atoms. The molecule has 4 heteroatoms. The Morgan fingerprint density at radius 3 is 2.69 bits per heavy atom. The van der Waals surface area contributed by atoms with Gasteiger partial charge in [0.25, 0.3) is 0 Å². The van der Waals surface area contributed by atoms with Crippen molar-refractivity contribution >= 4 is 11.7 Å². The molecule has 0 spiro atoms. The number of nitrogens with one attached hydrogen (secondary N) is 1. The molecule has 3 N–H and O–H groups in total. The molecule has 0 aliphatic carbocycles. The Labute approximate surface area is 94.9 Å². The predicted octanol–water partition coefficient (Wildman–Crippen LogP) is 1.81. The highest BCUT2D eigenvalue weighted by molar-refractivity contribution is 5.88. The molecule has 0 radical (unpaired) electrons. The Kier molecular flexibility index (Phi) is 4.31. The van der Waals surface area contributed by atoms with Gasteiger partial charge in [0.05, 0.1) is 5.56 Å². The standard InChI is InChI=1S/C12H17NO3/c1-8(7-14)9(2)13-11-5-3-4-10(6-11)12(15)16/h3-6,8-9,13-14H,7H2,1-2H3,(H,15,16). The topological polar surface area (TPSA) is 69.6 Å². The lowest BCUT2D eigenvalue weighted by Crippen LogP contribution is -2.26. The molecule has 1 aromatic carbocycles. The smallest absolute Gasteiger partial charge is 0.335 e. The molecular weight excluding hydrogens is 206 g/mol. The van der Waals surface area contributed by atoms with Crippen molar-refractivity contribution in [2.24, 2.45) is 5.92 Å².